The van der Waals surface area contributed by atoms with Gasteiger partial charge in [0.1, 0.15) is 18.1 Å². The molecule has 7 N–H and O–H groups in total. The average molecular weight is 411 g/mol. The molecule has 10 nitrogen and oxygen atoms in total. The fourth-order valence-corrected chi connectivity index (χ4v) is 2.46. The Kier molecular flexibility index (Phi) is 12.1. The molecule has 3 amide bonds. The molecular weight excluding hydrogens is 384 g/mol. The molecule has 0 aromatic rings. The van der Waals surface area contributed by atoms with Gasteiger partial charge in [-0.1, -0.05) is 0 Å². The summed E-state index contributed by atoms with van der Waals surface area (Å²) in [6.07, 6.45) is 2.16. The van der Waals surface area contributed by atoms with E-state index in [9.17, 15) is 19.2 Å². The first-order chi connectivity index (χ1) is 12.2. The Morgan fingerprint density at radius 1 is 1.04 bits per heavy atom. The highest BCUT2D eigenvalue weighted by molar-refractivity contribution is 7.98. The summed E-state index contributed by atoms with van der Waals surface area (Å²) >= 11 is 5.46. The number of carbonyl (C=O) groups excluding carboxylic acids is 3. The molecule has 0 rings (SSSR count). The molecule has 0 fully saturated rings. The van der Waals surface area contributed by atoms with E-state index in [-0.39, 0.29) is 5.75 Å². The van der Waals surface area contributed by atoms with Crippen LogP contribution in [0.15, 0.2) is 0 Å². The molecule has 0 saturated carbocycles. The Morgan fingerprint density at radius 3 is 1.96 bits per heavy atom. The molecule has 0 saturated heterocycles. The lowest BCUT2D eigenvalue weighted by Crippen LogP contribution is -2.58. The zero-order valence-electron chi connectivity index (χ0n) is 14.6. The number of hydrogen-bond donors (Lipinski definition) is 7. The van der Waals surface area contributed by atoms with Crippen LogP contribution in [0.5, 0.6) is 0 Å². The fraction of sp³-hybridized carbons (Fsp3) is 0.714. The van der Waals surface area contributed by atoms with Crippen molar-refractivity contribution in [3.05, 3.63) is 0 Å². The van der Waals surface area contributed by atoms with Crippen molar-refractivity contribution in [2.75, 3.05) is 24.4 Å². The number of thioether (sulfide) groups is 1. The summed E-state index contributed by atoms with van der Waals surface area (Å²) in [5, 5.41) is 24.8. The van der Waals surface area contributed by atoms with Crippen LogP contribution in [0.4, 0.5) is 0 Å². The van der Waals surface area contributed by atoms with Gasteiger partial charge in [-0.2, -0.15) is 24.4 Å². The third kappa shape index (κ3) is 8.74. The molecule has 0 aliphatic heterocycles. The molecule has 0 spiro atoms. The maximum Gasteiger partial charge on any atom is 0.328 e. The van der Waals surface area contributed by atoms with Gasteiger partial charge < -0.3 is 31.9 Å². The molecule has 0 aliphatic carbocycles. The quantitative estimate of drug-likeness (QED) is 0.174. The van der Waals surface area contributed by atoms with Crippen LogP contribution in [0.1, 0.15) is 13.3 Å². The zero-order chi connectivity index (χ0) is 20.3. The average Bonchev–Trinajstić information content (AvgIpc) is 2.59. The van der Waals surface area contributed by atoms with Crippen molar-refractivity contribution in [1.29, 1.82) is 0 Å². The molecule has 26 heavy (non-hydrogen) atoms. The minimum absolute atomic E-state index is 0.105. The van der Waals surface area contributed by atoms with Gasteiger partial charge in [0.15, 0.2) is 0 Å². The minimum Gasteiger partial charge on any atom is -0.480 e. The number of hydrogen-bond acceptors (Lipinski definition) is 8. The van der Waals surface area contributed by atoms with Crippen LogP contribution in [0, 0.1) is 0 Å². The van der Waals surface area contributed by atoms with Crippen LogP contribution in [-0.4, -0.2) is 82.4 Å². The lowest BCUT2D eigenvalue weighted by molar-refractivity contribution is -0.143. The minimum atomic E-state index is -1.49. The van der Waals surface area contributed by atoms with E-state index >= 15 is 0 Å². The highest BCUT2D eigenvalue weighted by atomic mass is 32.2. The highest BCUT2D eigenvalue weighted by Crippen LogP contribution is 2.03. The first-order valence-electron chi connectivity index (χ1n) is 7.78. The van der Waals surface area contributed by atoms with Crippen LogP contribution in [0.3, 0.4) is 0 Å². The maximum absolute atomic E-state index is 12.4. The number of aliphatic hydroxyl groups excluding tert-OH is 1. The molecule has 0 bridgehead atoms. The Balaban J connectivity index is 5.00. The SMILES string of the molecule is CSCCC(NC(=O)C(C)N)C(=O)NC(CS)C(=O)NC(CO)C(=O)O. The number of thiol groups is 1. The predicted molar refractivity (Wildman–Crippen MR) is 101 cm³/mol. The van der Waals surface area contributed by atoms with Gasteiger partial charge in [-0.05, 0) is 25.4 Å². The van der Waals surface area contributed by atoms with Crippen molar-refractivity contribution < 1.29 is 29.4 Å². The van der Waals surface area contributed by atoms with Gasteiger partial charge in [0.25, 0.3) is 0 Å². The predicted octanol–water partition coefficient (Wildman–Crippen LogP) is -2.45. The lowest BCUT2D eigenvalue weighted by atomic mass is 10.1. The summed E-state index contributed by atoms with van der Waals surface area (Å²) in [5.41, 5.74) is 5.48. The smallest absolute Gasteiger partial charge is 0.328 e. The van der Waals surface area contributed by atoms with Gasteiger partial charge in [0, 0.05) is 5.75 Å². The number of rotatable bonds is 12. The van der Waals surface area contributed by atoms with Crippen LogP contribution in [-0.2, 0) is 19.2 Å². The monoisotopic (exact) mass is 410 g/mol. The highest BCUT2D eigenvalue weighted by Gasteiger charge is 2.28. The van der Waals surface area contributed by atoms with Gasteiger partial charge in [0.05, 0.1) is 12.6 Å². The third-order valence-electron chi connectivity index (χ3n) is 3.27. The van der Waals surface area contributed by atoms with Gasteiger partial charge in [-0.25, -0.2) is 4.79 Å². The van der Waals surface area contributed by atoms with Crippen molar-refractivity contribution in [1.82, 2.24) is 16.0 Å². The first kappa shape index (κ1) is 24.5. The van der Waals surface area contributed by atoms with Gasteiger partial charge >= 0.3 is 5.97 Å². The summed E-state index contributed by atoms with van der Waals surface area (Å²) in [4.78, 5) is 47.1. The Bertz CT molecular complexity index is 506. The zero-order valence-corrected chi connectivity index (χ0v) is 16.3. The normalized spacial score (nSPS) is 15.3. The van der Waals surface area contributed by atoms with Crippen LogP contribution in [0.2, 0.25) is 0 Å². The van der Waals surface area contributed by atoms with Gasteiger partial charge in [-0.15, -0.1) is 0 Å². The molecule has 0 heterocycles. The van der Waals surface area contributed by atoms with Crippen molar-refractivity contribution in [3.63, 3.8) is 0 Å². The van der Waals surface area contributed by atoms with Crippen LogP contribution < -0.4 is 21.7 Å². The van der Waals surface area contributed by atoms with E-state index in [1.165, 1.54) is 18.7 Å². The van der Waals surface area contributed by atoms with Gasteiger partial charge in [-0.3, -0.25) is 14.4 Å². The molecule has 0 aromatic heterocycles. The largest absolute Gasteiger partial charge is 0.480 e. The first-order valence-corrected chi connectivity index (χ1v) is 9.80. The molecule has 150 valence electrons. The maximum atomic E-state index is 12.4. The summed E-state index contributed by atoms with van der Waals surface area (Å²) in [6, 6.07) is -4.33. The van der Waals surface area contributed by atoms with E-state index in [0.717, 1.165) is 0 Å². The lowest BCUT2D eigenvalue weighted by Gasteiger charge is -2.23. The number of aliphatic carboxylic acids is 1. The Morgan fingerprint density at radius 2 is 1.54 bits per heavy atom. The number of amides is 3. The molecule has 12 heteroatoms. The fourth-order valence-electron chi connectivity index (χ4n) is 1.73. The Hall–Kier alpha value is -1.50. The Labute approximate surface area is 161 Å². The van der Waals surface area contributed by atoms with Crippen molar-refractivity contribution in [3.8, 4) is 0 Å². The van der Waals surface area contributed by atoms with E-state index in [4.69, 9.17) is 15.9 Å². The summed E-state index contributed by atoms with van der Waals surface area (Å²) in [7, 11) is 0. The van der Waals surface area contributed by atoms with Crippen molar-refractivity contribution in [2.24, 2.45) is 5.73 Å². The molecule has 0 radical (unpaired) electrons. The second-order valence-electron chi connectivity index (χ2n) is 5.46. The van der Waals surface area contributed by atoms with E-state index in [2.05, 4.69) is 28.6 Å². The van der Waals surface area contributed by atoms with E-state index in [1.54, 1.807) is 0 Å². The number of nitrogens with one attached hydrogen (secondary N) is 3. The molecule has 0 aliphatic rings. The van der Waals surface area contributed by atoms with Crippen LogP contribution >= 0.6 is 24.4 Å². The van der Waals surface area contributed by atoms with E-state index in [1.807, 2.05) is 6.26 Å². The van der Waals surface area contributed by atoms with Crippen LogP contribution in [0.25, 0.3) is 0 Å². The van der Waals surface area contributed by atoms with E-state index in [0.29, 0.717) is 12.2 Å². The number of carboxylic acid groups (broad SMARTS) is 1. The molecule has 4 unspecified atom stereocenters. The second kappa shape index (κ2) is 12.8. The summed E-state index contributed by atoms with van der Waals surface area (Å²) in [6.45, 7) is 0.679. The molecule has 0 aromatic carbocycles. The third-order valence-corrected chi connectivity index (χ3v) is 4.28. The number of carboxylic acids is 1. The molecule has 4 atom stereocenters. The number of aliphatic hydroxyl groups is 1. The summed E-state index contributed by atoms with van der Waals surface area (Å²) < 4.78 is 0. The number of nitrogens with two attached hydrogens (primary N) is 1. The van der Waals surface area contributed by atoms with Crippen molar-refractivity contribution >= 4 is 48.1 Å². The second-order valence-corrected chi connectivity index (χ2v) is 6.81. The van der Waals surface area contributed by atoms with Crippen molar-refractivity contribution in [2.45, 2.75) is 37.5 Å². The van der Waals surface area contributed by atoms with E-state index < -0.39 is 54.5 Å². The number of carbonyl (C=O) groups is 4. The molecular formula is C14H26N4O6S2. The van der Waals surface area contributed by atoms with Gasteiger partial charge in [0.2, 0.25) is 17.7 Å². The summed E-state index contributed by atoms with van der Waals surface area (Å²) in [5.74, 6) is -2.86. The topological polar surface area (TPSA) is 171 Å². The standard InChI is InChI=1S/C14H26N4O6S2/c1-7(15)11(20)16-8(3-4-26-2)12(21)18-10(6-25)13(22)17-9(5-19)14(23)24/h7-10,19,25H,3-6,15H2,1-2H3,(H,16,20)(H,17,22)(H,18,21)(H,23,24).